The van der Waals surface area contributed by atoms with Crippen LogP contribution in [0.1, 0.15) is 27.9 Å². The average Bonchev–Trinajstić information content (AvgIpc) is 3.16. The number of aryl methyl sites for hydroxylation is 2. The number of hydrogen-bond acceptors (Lipinski definition) is 6. The molecular formula is C21H22N2O5S. The number of esters is 1. The molecule has 8 heteroatoms. The van der Waals surface area contributed by atoms with Gasteiger partial charge in [0.2, 0.25) is 0 Å². The van der Waals surface area contributed by atoms with Gasteiger partial charge < -0.3 is 9.64 Å². The van der Waals surface area contributed by atoms with Gasteiger partial charge in [-0.25, -0.2) is 4.79 Å². The van der Waals surface area contributed by atoms with Gasteiger partial charge in [-0.2, -0.15) is 0 Å². The summed E-state index contributed by atoms with van der Waals surface area (Å²) >= 11 is 1.53. The molecule has 1 aliphatic rings. The zero-order valence-corrected chi connectivity index (χ0v) is 17.1. The molecule has 2 unspecified atom stereocenters. The van der Waals surface area contributed by atoms with E-state index in [1.54, 1.807) is 19.1 Å². The largest absolute Gasteiger partial charge is 0.467 e. The molecule has 1 fully saturated rings. The van der Waals surface area contributed by atoms with Gasteiger partial charge in [-0.05, 0) is 31.4 Å². The lowest BCUT2D eigenvalue weighted by molar-refractivity contribution is -0.385. The Balaban J connectivity index is 1.87. The van der Waals surface area contributed by atoms with Gasteiger partial charge in [0.05, 0.1) is 17.4 Å². The lowest BCUT2D eigenvalue weighted by Crippen LogP contribution is -2.46. The van der Waals surface area contributed by atoms with Gasteiger partial charge in [-0.1, -0.05) is 36.4 Å². The van der Waals surface area contributed by atoms with E-state index in [1.807, 2.05) is 30.3 Å². The molecule has 1 saturated heterocycles. The molecule has 0 saturated carbocycles. The third kappa shape index (κ3) is 4.59. The van der Waals surface area contributed by atoms with Crippen LogP contribution in [0, 0.1) is 17.0 Å². The predicted molar refractivity (Wildman–Crippen MR) is 111 cm³/mol. The van der Waals surface area contributed by atoms with Crippen molar-refractivity contribution in [3.8, 4) is 0 Å². The molecule has 152 valence electrons. The zero-order chi connectivity index (χ0) is 21.0. The summed E-state index contributed by atoms with van der Waals surface area (Å²) in [4.78, 5) is 37.8. The fraction of sp³-hybridized carbons (Fsp3) is 0.333. The van der Waals surface area contributed by atoms with Crippen LogP contribution in [0.25, 0.3) is 0 Å². The van der Waals surface area contributed by atoms with Gasteiger partial charge in [0.15, 0.2) is 0 Å². The van der Waals surface area contributed by atoms with Crippen molar-refractivity contribution in [2.75, 3.05) is 12.9 Å². The lowest BCUT2D eigenvalue weighted by atomic mass is 10.1. The summed E-state index contributed by atoms with van der Waals surface area (Å²) in [5.74, 6) is -0.438. The Kier molecular flexibility index (Phi) is 6.53. The molecule has 0 N–H and O–H groups in total. The summed E-state index contributed by atoms with van der Waals surface area (Å²) in [5, 5.41) is 11.0. The fourth-order valence-corrected chi connectivity index (χ4v) is 4.79. The van der Waals surface area contributed by atoms with Crippen LogP contribution in [0.15, 0.2) is 48.5 Å². The lowest BCUT2D eigenvalue weighted by Gasteiger charge is -2.28. The molecule has 0 aromatic heterocycles. The maximum atomic E-state index is 13.3. The van der Waals surface area contributed by atoms with Crippen molar-refractivity contribution in [1.82, 2.24) is 4.90 Å². The molecule has 2 atom stereocenters. The van der Waals surface area contributed by atoms with Gasteiger partial charge in [-0.15, -0.1) is 11.8 Å². The number of nitro benzene ring substituents is 1. The van der Waals surface area contributed by atoms with Crippen molar-refractivity contribution < 1.29 is 19.2 Å². The minimum atomic E-state index is -0.710. The number of nitro groups is 1. The van der Waals surface area contributed by atoms with Crippen molar-refractivity contribution in [2.45, 2.75) is 31.2 Å². The molecule has 29 heavy (non-hydrogen) atoms. The normalized spacial score (nSPS) is 18.5. The monoisotopic (exact) mass is 414 g/mol. The van der Waals surface area contributed by atoms with Crippen molar-refractivity contribution in [3.63, 3.8) is 0 Å². The second-order valence-electron chi connectivity index (χ2n) is 6.82. The van der Waals surface area contributed by atoms with E-state index in [0.717, 1.165) is 12.0 Å². The van der Waals surface area contributed by atoms with E-state index in [9.17, 15) is 19.7 Å². The summed E-state index contributed by atoms with van der Waals surface area (Å²) in [6.45, 7) is 1.62. The third-order valence-electron chi connectivity index (χ3n) is 4.98. The Morgan fingerprint density at radius 3 is 2.62 bits per heavy atom. The predicted octanol–water partition coefficient (Wildman–Crippen LogP) is 3.59. The highest BCUT2D eigenvalue weighted by Crippen LogP contribution is 2.34. The summed E-state index contributed by atoms with van der Waals surface area (Å²) < 4.78 is 4.89. The number of nitrogens with zero attached hydrogens (tertiary/aromatic N) is 2. The van der Waals surface area contributed by atoms with Crippen molar-refractivity contribution in [3.05, 3.63) is 75.3 Å². The number of rotatable bonds is 6. The Hall–Kier alpha value is -2.87. The average molecular weight is 414 g/mol. The SMILES string of the molecule is COC(=O)C1CSC(CCc2ccccc2)N1C(=O)c1ccc(C)c([N+](=O)[O-])c1. The van der Waals surface area contributed by atoms with Crippen molar-refractivity contribution in [2.24, 2.45) is 0 Å². The van der Waals surface area contributed by atoms with Crippen molar-refractivity contribution >= 4 is 29.3 Å². The Morgan fingerprint density at radius 1 is 1.24 bits per heavy atom. The van der Waals surface area contributed by atoms with Gasteiger partial charge >= 0.3 is 5.97 Å². The molecule has 2 aromatic rings. The first-order chi connectivity index (χ1) is 13.9. The van der Waals surface area contributed by atoms with Crippen LogP contribution in [0.3, 0.4) is 0 Å². The van der Waals surface area contributed by atoms with Crippen LogP contribution in [0.4, 0.5) is 5.69 Å². The first-order valence-corrected chi connectivity index (χ1v) is 10.3. The number of ether oxygens (including phenoxy) is 1. The van der Waals surface area contributed by atoms with Gasteiger partial charge in [-0.3, -0.25) is 14.9 Å². The number of carbonyl (C=O) groups is 2. The zero-order valence-electron chi connectivity index (χ0n) is 16.2. The Bertz CT molecular complexity index is 919. The van der Waals surface area contributed by atoms with E-state index in [4.69, 9.17) is 4.74 Å². The van der Waals surface area contributed by atoms with Crippen LogP contribution < -0.4 is 0 Å². The smallest absolute Gasteiger partial charge is 0.329 e. The summed E-state index contributed by atoms with van der Waals surface area (Å²) in [5.41, 5.74) is 1.71. The van der Waals surface area contributed by atoms with E-state index in [-0.39, 0.29) is 16.6 Å². The molecule has 2 aromatic carbocycles. The van der Waals surface area contributed by atoms with E-state index < -0.39 is 22.8 Å². The van der Waals surface area contributed by atoms with E-state index in [2.05, 4.69) is 0 Å². The second-order valence-corrected chi connectivity index (χ2v) is 8.03. The molecule has 0 aliphatic carbocycles. The van der Waals surface area contributed by atoms with E-state index >= 15 is 0 Å². The number of amides is 1. The van der Waals surface area contributed by atoms with Crippen LogP contribution >= 0.6 is 11.8 Å². The number of carbonyl (C=O) groups excluding carboxylic acids is 2. The standard InChI is InChI=1S/C21H22N2O5S/c1-14-8-10-16(12-17(14)23(26)27)20(24)22-18(21(25)28-2)13-29-19(22)11-9-15-6-4-3-5-7-15/h3-8,10,12,18-19H,9,11,13H2,1-2H3. The highest BCUT2D eigenvalue weighted by Gasteiger charge is 2.42. The number of thioether (sulfide) groups is 1. The second kappa shape index (κ2) is 9.09. The quantitative estimate of drug-likeness (QED) is 0.408. The summed E-state index contributed by atoms with van der Waals surface area (Å²) in [6.07, 6.45) is 1.42. The maximum absolute atomic E-state index is 13.3. The van der Waals surface area contributed by atoms with E-state index in [1.165, 1.54) is 29.8 Å². The topological polar surface area (TPSA) is 89.8 Å². The molecule has 1 heterocycles. The Labute approximate surface area is 173 Å². The third-order valence-corrected chi connectivity index (χ3v) is 6.33. The molecule has 3 rings (SSSR count). The van der Waals surface area contributed by atoms with E-state index in [0.29, 0.717) is 17.7 Å². The first kappa shape index (κ1) is 20.9. The van der Waals surface area contributed by atoms with Crippen LogP contribution in [0.5, 0.6) is 0 Å². The molecule has 1 amide bonds. The highest BCUT2D eigenvalue weighted by atomic mass is 32.2. The van der Waals surface area contributed by atoms with Crippen LogP contribution in [-0.4, -0.2) is 46.0 Å². The van der Waals surface area contributed by atoms with Gasteiger partial charge in [0.1, 0.15) is 6.04 Å². The molecular weight excluding hydrogens is 392 g/mol. The van der Waals surface area contributed by atoms with Crippen LogP contribution in [0.2, 0.25) is 0 Å². The molecule has 1 aliphatic heterocycles. The van der Waals surface area contributed by atoms with Gasteiger partial charge in [0.25, 0.3) is 11.6 Å². The summed E-state index contributed by atoms with van der Waals surface area (Å²) in [7, 11) is 1.30. The summed E-state index contributed by atoms with van der Waals surface area (Å²) in [6, 6.07) is 13.6. The maximum Gasteiger partial charge on any atom is 0.329 e. The van der Waals surface area contributed by atoms with Crippen molar-refractivity contribution in [1.29, 1.82) is 0 Å². The van der Waals surface area contributed by atoms with Gasteiger partial charge in [0, 0.05) is 22.9 Å². The number of methoxy groups -OCH3 is 1. The minimum Gasteiger partial charge on any atom is -0.467 e. The number of hydrogen-bond donors (Lipinski definition) is 0. The molecule has 0 radical (unpaired) electrons. The number of benzene rings is 2. The molecule has 0 spiro atoms. The Morgan fingerprint density at radius 2 is 1.97 bits per heavy atom. The molecule has 0 bridgehead atoms. The first-order valence-electron chi connectivity index (χ1n) is 9.23. The minimum absolute atomic E-state index is 0.113. The highest BCUT2D eigenvalue weighted by molar-refractivity contribution is 8.00. The molecule has 7 nitrogen and oxygen atoms in total. The van der Waals surface area contributed by atoms with Crippen LogP contribution in [-0.2, 0) is 16.0 Å². The fourth-order valence-electron chi connectivity index (χ4n) is 3.40.